The fraction of sp³-hybridized carbons (Fsp3) is 0.238. The monoisotopic (exact) mass is 352 g/mol. The van der Waals surface area contributed by atoms with E-state index in [1.54, 1.807) is 18.2 Å². The number of hydrogen-bond donors (Lipinski definition) is 2. The van der Waals surface area contributed by atoms with Crippen LogP contribution in [0.1, 0.15) is 28.7 Å². The Morgan fingerprint density at radius 1 is 1.12 bits per heavy atom. The van der Waals surface area contributed by atoms with Crippen LogP contribution in [-0.4, -0.2) is 10.9 Å². The second-order valence-electron chi connectivity index (χ2n) is 6.54. The largest absolute Gasteiger partial charge is 0.352 e. The van der Waals surface area contributed by atoms with Crippen LogP contribution >= 0.6 is 0 Å². The molecule has 5 heteroatoms. The molecule has 3 aromatic rings. The van der Waals surface area contributed by atoms with Gasteiger partial charge in [-0.2, -0.15) is 0 Å². The molecule has 1 amide bonds. The van der Waals surface area contributed by atoms with E-state index in [0.717, 1.165) is 22.0 Å². The van der Waals surface area contributed by atoms with E-state index < -0.39 is 0 Å². The van der Waals surface area contributed by atoms with Crippen molar-refractivity contribution in [3.8, 4) is 0 Å². The summed E-state index contributed by atoms with van der Waals surface area (Å²) in [6, 6.07) is 12.2. The molecule has 0 aliphatic carbocycles. The second kappa shape index (κ2) is 7.52. The molecular formula is C21H21FN2O2. The predicted molar refractivity (Wildman–Crippen MR) is 101 cm³/mol. The SMILES string of the molecule is Cc1cc(C)c2[nH]c(=O)c(CCC(=O)NCc3ccccc3F)cc2c1. The minimum Gasteiger partial charge on any atom is -0.352 e. The molecule has 1 heterocycles. The standard InChI is InChI=1S/C21H21FN2O2/c1-13-9-14(2)20-17(10-13)11-15(21(26)24-20)7-8-19(25)23-12-16-5-3-4-6-18(16)22/h3-6,9-11H,7-8,12H2,1-2H3,(H,23,25)(H,24,26). The van der Waals surface area contributed by atoms with E-state index in [1.165, 1.54) is 6.07 Å². The highest BCUT2D eigenvalue weighted by Crippen LogP contribution is 2.18. The van der Waals surface area contributed by atoms with Crippen molar-refractivity contribution in [3.63, 3.8) is 0 Å². The molecular weight excluding hydrogens is 331 g/mol. The highest BCUT2D eigenvalue weighted by molar-refractivity contribution is 5.83. The zero-order valence-electron chi connectivity index (χ0n) is 14.9. The van der Waals surface area contributed by atoms with Crippen LogP contribution in [0.4, 0.5) is 4.39 Å². The summed E-state index contributed by atoms with van der Waals surface area (Å²) < 4.78 is 13.6. The smallest absolute Gasteiger partial charge is 0.251 e. The fourth-order valence-electron chi connectivity index (χ4n) is 3.09. The maximum absolute atomic E-state index is 13.6. The molecule has 0 bridgehead atoms. The van der Waals surface area contributed by atoms with Gasteiger partial charge in [0.2, 0.25) is 5.91 Å². The molecule has 3 rings (SSSR count). The van der Waals surface area contributed by atoms with Crippen LogP contribution in [0.2, 0.25) is 0 Å². The third kappa shape index (κ3) is 3.99. The van der Waals surface area contributed by atoms with Gasteiger partial charge in [0, 0.05) is 24.1 Å². The number of rotatable bonds is 5. The van der Waals surface area contributed by atoms with Gasteiger partial charge in [-0.3, -0.25) is 9.59 Å². The predicted octanol–water partition coefficient (Wildman–Crippen LogP) is 3.53. The minimum atomic E-state index is -0.343. The molecule has 2 aromatic carbocycles. The first-order chi connectivity index (χ1) is 12.4. The number of amides is 1. The van der Waals surface area contributed by atoms with E-state index >= 15 is 0 Å². The summed E-state index contributed by atoms with van der Waals surface area (Å²) in [4.78, 5) is 27.2. The molecule has 0 saturated heterocycles. The summed E-state index contributed by atoms with van der Waals surface area (Å²) in [6.45, 7) is 4.10. The normalized spacial score (nSPS) is 10.9. The van der Waals surface area contributed by atoms with Gasteiger partial charge >= 0.3 is 0 Å². The van der Waals surface area contributed by atoms with Crippen molar-refractivity contribution < 1.29 is 9.18 Å². The third-order valence-electron chi connectivity index (χ3n) is 4.43. The molecule has 1 aromatic heterocycles. The number of halogens is 1. The summed E-state index contributed by atoms with van der Waals surface area (Å²) in [6.07, 6.45) is 0.509. The van der Waals surface area contributed by atoms with Gasteiger partial charge in [-0.25, -0.2) is 4.39 Å². The van der Waals surface area contributed by atoms with E-state index in [-0.39, 0.29) is 30.2 Å². The molecule has 134 valence electrons. The molecule has 0 aliphatic heterocycles. The number of hydrogen-bond acceptors (Lipinski definition) is 2. The Morgan fingerprint density at radius 3 is 2.65 bits per heavy atom. The van der Waals surface area contributed by atoms with E-state index in [1.807, 2.05) is 32.0 Å². The topological polar surface area (TPSA) is 62.0 Å². The van der Waals surface area contributed by atoms with Gasteiger partial charge in [-0.1, -0.05) is 29.8 Å². The van der Waals surface area contributed by atoms with Crippen LogP contribution in [0.5, 0.6) is 0 Å². The average molecular weight is 352 g/mol. The van der Waals surface area contributed by atoms with Gasteiger partial charge < -0.3 is 10.3 Å². The van der Waals surface area contributed by atoms with Gasteiger partial charge in [0.25, 0.3) is 5.56 Å². The van der Waals surface area contributed by atoms with Crippen molar-refractivity contribution in [2.75, 3.05) is 0 Å². The molecule has 0 unspecified atom stereocenters. The Balaban J connectivity index is 1.67. The van der Waals surface area contributed by atoms with Crippen LogP contribution < -0.4 is 10.9 Å². The summed E-state index contributed by atoms with van der Waals surface area (Å²) >= 11 is 0. The highest BCUT2D eigenvalue weighted by atomic mass is 19.1. The Hall–Kier alpha value is -2.95. The Kier molecular flexibility index (Phi) is 5.16. The molecule has 0 atom stereocenters. The lowest BCUT2D eigenvalue weighted by Gasteiger charge is -2.08. The van der Waals surface area contributed by atoms with Crippen molar-refractivity contribution in [2.24, 2.45) is 0 Å². The number of nitrogens with one attached hydrogen (secondary N) is 2. The second-order valence-corrected chi connectivity index (χ2v) is 6.54. The minimum absolute atomic E-state index is 0.137. The summed E-state index contributed by atoms with van der Waals surface area (Å²) in [5.41, 5.74) is 3.81. The van der Waals surface area contributed by atoms with Gasteiger partial charge in [-0.05, 0) is 49.4 Å². The average Bonchev–Trinajstić information content (AvgIpc) is 2.60. The molecule has 4 nitrogen and oxygen atoms in total. The van der Waals surface area contributed by atoms with E-state index in [0.29, 0.717) is 17.5 Å². The first-order valence-corrected chi connectivity index (χ1v) is 8.57. The number of aromatic amines is 1. The van der Waals surface area contributed by atoms with Gasteiger partial charge in [0.15, 0.2) is 0 Å². The van der Waals surface area contributed by atoms with Crippen molar-refractivity contribution in [1.82, 2.24) is 10.3 Å². The van der Waals surface area contributed by atoms with Crippen molar-refractivity contribution in [1.29, 1.82) is 0 Å². The third-order valence-corrected chi connectivity index (χ3v) is 4.43. The molecule has 0 radical (unpaired) electrons. The Bertz CT molecular complexity index is 1020. The zero-order chi connectivity index (χ0) is 18.7. The molecule has 0 aliphatic rings. The molecule has 0 spiro atoms. The quantitative estimate of drug-likeness (QED) is 0.738. The van der Waals surface area contributed by atoms with Crippen LogP contribution in [-0.2, 0) is 17.8 Å². The zero-order valence-corrected chi connectivity index (χ0v) is 14.9. The van der Waals surface area contributed by atoms with Gasteiger partial charge in [0.05, 0.1) is 5.52 Å². The fourth-order valence-corrected chi connectivity index (χ4v) is 3.09. The molecule has 26 heavy (non-hydrogen) atoms. The van der Waals surface area contributed by atoms with Crippen molar-refractivity contribution in [3.05, 3.63) is 80.9 Å². The Labute approximate surface area is 151 Å². The number of aromatic nitrogens is 1. The number of aryl methyl sites for hydroxylation is 3. The number of fused-ring (bicyclic) bond motifs is 1. The maximum atomic E-state index is 13.6. The number of carbonyl (C=O) groups excluding carboxylic acids is 1. The van der Waals surface area contributed by atoms with E-state index in [9.17, 15) is 14.0 Å². The van der Waals surface area contributed by atoms with Crippen LogP contribution in [0.3, 0.4) is 0 Å². The Morgan fingerprint density at radius 2 is 1.88 bits per heavy atom. The lowest BCUT2D eigenvalue weighted by molar-refractivity contribution is -0.121. The highest BCUT2D eigenvalue weighted by Gasteiger charge is 2.09. The van der Waals surface area contributed by atoms with E-state index in [4.69, 9.17) is 0 Å². The maximum Gasteiger partial charge on any atom is 0.251 e. The molecule has 0 fully saturated rings. The first kappa shape index (κ1) is 17.9. The van der Waals surface area contributed by atoms with E-state index in [2.05, 4.69) is 10.3 Å². The summed E-state index contributed by atoms with van der Waals surface area (Å²) in [5, 5.41) is 3.66. The van der Waals surface area contributed by atoms with Crippen LogP contribution in [0, 0.1) is 19.7 Å². The van der Waals surface area contributed by atoms with Crippen molar-refractivity contribution in [2.45, 2.75) is 33.2 Å². The summed E-state index contributed by atoms with van der Waals surface area (Å²) in [5.74, 6) is -0.558. The number of benzene rings is 2. The number of H-pyrrole nitrogens is 1. The lowest BCUT2D eigenvalue weighted by Crippen LogP contribution is -2.24. The first-order valence-electron chi connectivity index (χ1n) is 8.57. The number of carbonyl (C=O) groups is 1. The molecule has 0 saturated carbocycles. The lowest BCUT2D eigenvalue weighted by atomic mass is 10.0. The van der Waals surface area contributed by atoms with Crippen LogP contribution in [0.15, 0.2) is 47.3 Å². The number of pyridine rings is 1. The molecule has 2 N–H and O–H groups in total. The van der Waals surface area contributed by atoms with Gasteiger partial charge in [0.1, 0.15) is 5.82 Å². The van der Waals surface area contributed by atoms with Crippen molar-refractivity contribution >= 4 is 16.8 Å². The van der Waals surface area contributed by atoms with Gasteiger partial charge in [-0.15, -0.1) is 0 Å². The summed E-state index contributed by atoms with van der Waals surface area (Å²) in [7, 11) is 0. The van der Waals surface area contributed by atoms with Crippen LogP contribution in [0.25, 0.3) is 10.9 Å².